The molecule has 0 radical (unpaired) electrons. The number of carbonyl (C=O) groups excluding carboxylic acids is 1. The second kappa shape index (κ2) is 8.45. The van der Waals surface area contributed by atoms with E-state index in [-0.39, 0.29) is 11.8 Å². The number of carbonyl (C=O) groups is 2. The number of carboxylic acid groups (broad SMARTS) is 1. The number of benzene rings is 1. The second-order valence-electron chi connectivity index (χ2n) is 5.56. The van der Waals surface area contributed by atoms with Crippen molar-refractivity contribution in [2.45, 2.75) is 58.4 Å². The van der Waals surface area contributed by atoms with Crippen molar-refractivity contribution in [2.24, 2.45) is 0 Å². The van der Waals surface area contributed by atoms with Crippen molar-refractivity contribution >= 4 is 11.9 Å². The zero-order valence-corrected chi connectivity index (χ0v) is 13.1. The van der Waals surface area contributed by atoms with Gasteiger partial charge in [-0.25, -0.2) is 4.79 Å². The molecule has 1 rings (SSSR count). The molecule has 0 heterocycles. The quantitative estimate of drug-likeness (QED) is 0.772. The second-order valence-corrected chi connectivity index (χ2v) is 5.56. The summed E-state index contributed by atoms with van der Waals surface area (Å²) in [5, 5.41) is 11.8. The van der Waals surface area contributed by atoms with Crippen molar-refractivity contribution in [3.63, 3.8) is 0 Å². The van der Waals surface area contributed by atoms with Gasteiger partial charge >= 0.3 is 5.97 Å². The molecule has 0 aromatic heterocycles. The van der Waals surface area contributed by atoms with Crippen LogP contribution >= 0.6 is 0 Å². The van der Waals surface area contributed by atoms with Crippen LogP contribution in [0.3, 0.4) is 0 Å². The summed E-state index contributed by atoms with van der Waals surface area (Å²) in [6.07, 6.45) is 2.50. The molecule has 0 aliphatic carbocycles. The Balaban J connectivity index is 2.59. The Labute approximate surface area is 126 Å². The topological polar surface area (TPSA) is 66.4 Å². The molecule has 2 N–H and O–H groups in total. The highest BCUT2D eigenvalue weighted by Gasteiger charge is 2.21. The van der Waals surface area contributed by atoms with Crippen LogP contribution in [-0.2, 0) is 9.59 Å². The molecule has 0 saturated heterocycles. The van der Waals surface area contributed by atoms with E-state index in [0.717, 1.165) is 24.0 Å². The van der Waals surface area contributed by atoms with Crippen LogP contribution in [0.25, 0.3) is 0 Å². The molecule has 1 aromatic rings. The predicted octanol–water partition coefficient (Wildman–Crippen LogP) is 3.25. The Hall–Kier alpha value is -1.84. The molecule has 2 unspecified atom stereocenters. The predicted molar refractivity (Wildman–Crippen MR) is 83.3 cm³/mol. The zero-order valence-electron chi connectivity index (χ0n) is 13.1. The summed E-state index contributed by atoms with van der Waals surface area (Å²) < 4.78 is 0. The minimum atomic E-state index is -0.958. The van der Waals surface area contributed by atoms with Gasteiger partial charge in [-0.15, -0.1) is 0 Å². The van der Waals surface area contributed by atoms with Gasteiger partial charge in [-0.3, -0.25) is 4.79 Å². The first-order valence-corrected chi connectivity index (χ1v) is 7.53. The number of aryl methyl sites for hydroxylation is 1. The molecule has 1 aromatic carbocycles. The summed E-state index contributed by atoms with van der Waals surface area (Å²) in [5.74, 6) is -1.08. The highest BCUT2D eigenvalue weighted by molar-refractivity contribution is 5.83. The molecule has 0 bridgehead atoms. The van der Waals surface area contributed by atoms with Gasteiger partial charge in [0.05, 0.1) is 0 Å². The third-order valence-corrected chi connectivity index (χ3v) is 3.69. The Bertz CT molecular complexity index is 485. The molecule has 0 fully saturated rings. The van der Waals surface area contributed by atoms with Crippen LogP contribution in [0.4, 0.5) is 0 Å². The van der Waals surface area contributed by atoms with Gasteiger partial charge in [0.2, 0.25) is 5.91 Å². The lowest BCUT2D eigenvalue weighted by molar-refractivity contribution is -0.142. The van der Waals surface area contributed by atoms with Crippen LogP contribution in [0.15, 0.2) is 24.3 Å². The standard InChI is InChI=1S/C17H25NO3/c1-4-5-10-15(17(20)21)18-16(19)11-13(3)14-9-7-6-8-12(14)2/h6-9,13,15H,4-5,10-11H2,1-3H3,(H,18,19)(H,20,21). The summed E-state index contributed by atoms with van der Waals surface area (Å²) in [5.41, 5.74) is 2.28. The van der Waals surface area contributed by atoms with E-state index in [1.54, 1.807) is 0 Å². The maximum absolute atomic E-state index is 12.0. The number of hydrogen-bond acceptors (Lipinski definition) is 2. The van der Waals surface area contributed by atoms with Crippen molar-refractivity contribution < 1.29 is 14.7 Å². The highest BCUT2D eigenvalue weighted by Crippen LogP contribution is 2.22. The van der Waals surface area contributed by atoms with Crippen LogP contribution in [0.2, 0.25) is 0 Å². The molecular weight excluding hydrogens is 266 g/mol. The lowest BCUT2D eigenvalue weighted by atomic mass is 9.93. The van der Waals surface area contributed by atoms with Gasteiger partial charge in [0.25, 0.3) is 0 Å². The summed E-state index contributed by atoms with van der Waals surface area (Å²) in [7, 11) is 0. The highest BCUT2D eigenvalue weighted by atomic mass is 16.4. The van der Waals surface area contributed by atoms with Gasteiger partial charge in [-0.05, 0) is 30.4 Å². The molecule has 0 spiro atoms. The molecule has 0 saturated carbocycles. The normalized spacial score (nSPS) is 13.5. The molecule has 0 aliphatic heterocycles. The Morgan fingerprint density at radius 3 is 2.52 bits per heavy atom. The number of nitrogens with one attached hydrogen (secondary N) is 1. The van der Waals surface area contributed by atoms with Crippen LogP contribution in [0, 0.1) is 6.92 Å². The number of amides is 1. The first kappa shape index (κ1) is 17.2. The SMILES string of the molecule is CCCCC(NC(=O)CC(C)c1ccccc1C)C(=O)O. The summed E-state index contributed by atoms with van der Waals surface area (Å²) in [4.78, 5) is 23.2. The van der Waals surface area contributed by atoms with Crippen LogP contribution in [0.1, 0.15) is 56.6 Å². The molecule has 21 heavy (non-hydrogen) atoms. The van der Waals surface area contributed by atoms with E-state index >= 15 is 0 Å². The van der Waals surface area contributed by atoms with Gasteiger partial charge in [0.15, 0.2) is 0 Å². The molecule has 4 nitrogen and oxygen atoms in total. The van der Waals surface area contributed by atoms with E-state index in [0.29, 0.717) is 12.8 Å². The van der Waals surface area contributed by atoms with Crippen molar-refractivity contribution in [1.82, 2.24) is 5.32 Å². The van der Waals surface area contributed by atoms with Crippen molar-refractivity contribution in [2.75, 3.05) is 0 Å². The molecule has 2 atom stereocenters. The fourth-order valence-corrected chi connectivity index (χ4v) is 2.45. The Kier molecular flexibility index (Phi) is 6.92. The Morgan fingerprint density at radius 1 is 1.29 bits per heavy atom. The molecule has 4 heteroatoms. The van der Waals surface area contributed by atoms with Gasteiger partial charge < -0.3 is 10.4 Å². The van der Waals surface area contributed by atoms with Gasteiger partial charge in [-0.1, -0.05) is 51.0 Å². The lowest BCUT2D eigenvalue weighted by Gasteiger charge is -2.17. The van der Waals surface area contributed by atoms with E-state index in [2.05, 4.69) is 5.32 Å². The number of hydrogen-bond donors (Lipinski definition) is 2. The minimum Gasteiger partial charge on any atom is -0.480 e. The van der Waals surface area contributed by atoms with Gasteiger partial charge in [0, 0.05) is 6.42 Å². The van der Waals surface area contributed by atoms with E-state index in [9.17, 15) is 9.59 Å². The lowest BCUT2D eigenvalue weighted by Crippen LogP contribution is -2.41. The van der Waals surface area contributed by atoms with Crippen LogP contribution < -0.4 is 5.32 Å². The molecular formula is C17H25NO3. The largest absolute Gasteiger partial charge is 0.480 e. The maximum Gasteiger partial charge on any atom is 0.326 e. The van der Waals surface area contributed by atoms with E-state index in [1.807, 2.05) is 45.0 Å². The molecule has 116 valence electrons. The first-order valence-electron chi connectivity index (χ1n) is 7.53. The Morgan fingerprint density at radius 2 is 1.95 bits per heavy atom. The number of aliphatic carboxylic acids is 1. The minimum absolute atomic E-state index is 0.0758. The van der Waals surface area contributed by atoms with Crippen LogP contribution in [-0.4, -0.2) is 23.0 Å². The molecule has 0 aliphatic rings. The third-order valence-electron chi connectivity index (χ3n) is 3.69. The van der Waals surface area contributed by atoms with E-state index in [4.69, 9.17) is 5.11 Å². The average Bonchev–Trinajstić information content (AvgIpc) is 2.43. The van der Waals surface area contributed by atoms with Crippen molar-refractivity contribution in [1.29, 1.82) is 0 Å². The fraction of sp³-hybridized carbons (Fsp3) is 0.529. The van der Waals surface area contributed by atoms with Gasteiger partial charge in [-0.2, -0.15) is 0 Å². The van der Waals surface area contributed by atoms with E-state index in [1.165, 1.54) is 0 Å². The van der Waals surface area contributed by atoms with Crippen LogP contribution in [0.5, 0.6) is 0 Å². The smallest absolute Gasteiger partial charge is 0.326 e. The maximum atomic E-state index is 12.0. The van der Waals surface area contributed by atoms with Gasteiger partial charge in [0.1, 0.15) is 6.04 Å². The zero-order chi connectivity index (χ0) is 15.8. The third kappa shape index (κ3) is 5.58. The average molecular weight is 291 g/mol. The number of unbranched alkanes of at least 4 members (excludes halogenated alkanes) is 1. The summed E-state index contributed by atoms with van der Waals surface area (Å²) >= 11 is 0. The summed E-state index contributed by atoms with van der Waals surface area (Å²) in [6.45, 7) is 6.01. The first-order chi connectivity index (χ1) is 9.95. The van der Waals surface area contributed by atoms with Crippen molar-refractivity contribution in [3.8, 4) is 0 Å². The molecule has 1 amide bonds. The monoisotopic (exact) mass is 291 g/mol. The number of rotatable bonds is 8. The summed E-state index contributed by atoms with van der Waals surface area (Å²) in [6, 6.07) is 7.18. The van der Waals surface area contributed by atoms with Crippen molar-refractivity contribution in [3.05, 3.63) is 35.4 Å². The fourth-order valence-electron chi connectivity index (χ4n) is 2.45. The van der Waals surface area contributed by atoms with E-state index < -0.39 is 12.0 Å². The number of carboxylic acids is 1.